The van der Waals surface area contributed by atoms with Crippen molar-refractivity contribution in [2.24, 2.45) is 4.99 Å². The van der Waals surface area contributed by atoms with Crippen molar-refractivity contribution in [3.05, 3.63) is 25.1 Å². The van der Waals surface area contributed by atoms with Crippen molar-refractivity contribution < 1.29 is 0 Å². The van der Waals surface area contributed by atoms with Gasteiger partial charge in [0.25, 0.3) is 0 Å². The summed E-state index contributed by atoms with van der Waals surface area (Å²) in [5.74, 6) is 0.995. The van der Waals surface area contributed by atoms with E-state index < -0.39 is 0 Å². The van der Waals surface area contributed by atoms with Gasteiger partial charge in [0, 0.05) is 34.2 Å². The summed E-state index contributed by atoms with van der Waals surface area (Å²) < 4.78 is 2.20. The molecule has 0 unspecified atom stereocenters. The number of nitrogens with zero attached hydrogens (tertiary/aromatic N) is 4. The second-order valence-corrected chi connectivity index (χ2v) is 6.69. The summed E-state index contributed by atoms with van der Waals surface area (Å²) in [6.07, 6.45) is 3.76. The van der Waals surface area contributed by atoms with Crippen LogP contribution in [0.5, 0.6) is 0 Å². The standard InChI is InChI=1S/C10H8I2N4S/c11-8-3-9(12)14-4-7(8)5-16-1-2-17-10(16)15-6-13/h3-4H,1-2,5H2/b15-10+. The van der Waals surface area contributed by atoms with E-state index in [9.17, 15) is 0 Å². The predicted octanol–water partition coefficient (Wildman–Crippen LogP) is 2.68. The molecule has 17 heavy (non-hydrogen) atoms. The molecule has 0 N–H and O–H groups in total. The fraction of sp³-hybridized carbons (Fsp3) is 0.300. The van der Waals surface area contributed by atoms with Gasteiger partial charge in [-0.1, -0.05) is 11.8 Å². The number of rotatable bonds is 2. The van der Waals surface area contributed by atoms with Crippen LogP contribution in [0.15, 0.2) is 17.3 Å². The number of pyridine rings is 1. The van der Waals surface area contributed by atoms with Crippen molar-refractivity contribution in [2.75, 3.05) is 12.3 Å². The second-order valence-electron chi connectivity index (χ2n) is 3.36. The monoisotopic (exact) mass is 470 g/mol. The largest absolute Gasteiger partial charge is 0.345 e. The van der Waals surface area contributed by atoms with Crippen molar-refractivity contribution in [1.29, 1.82) is 5.26 Å². The van der Waals surface area contributed by atoms with Crippen LogP contribution in [0.3, 0.4) is 0 Å². The summed E-state index contributed by atoms with van der Waals surface area (Å²) in [5.41, 5.74) is 1.18. The van der Waals surface area contributed by atoms with Crippen LogP contribution in [0.2, 0.25) is 0 Å². The Morgan fingerprint density at radius 2 is 2.41 bits per heavy atom. The lowest BCUT2D eigenvalue weighted by Crippen LogP contribution is -2.24. The average molecular weight is 470 g/mol. The normalized spacial score (nSPS) is 17.5. The summed E-state index contributed by atoms with van der Waals surface area (Å²) in [7, 11) is 0. The zero-order valence-corrected chi connectivity index (χ0v) is 13.9. The SMILES string of the molecule is N#C/N=C1/SCCN1Cc1cnc(I)cc1I. The molecule has 1 aliphatic heterocycles. The number of halogens is 2. The Morgan fingerprint density at radius 1 is 1.59 bits per heavy atom. The quantitative estimate of drug-likeness (QED) is 0.379. The van der Waals surface area contributed by atoms with Gasteiger partial charge in [-0.25, -0.2) is 4.98 Å². The highest BCUT2D eigenvalue weighted by Crippen LogP contribution is 2.22. The van der Waals surface area contributed by atoms with Gasteiger partial charge in [0.05, 0.1) is 0 Å². The molecular weight excluding hydrogens is 462 g/mol. The molecule has 1 fully saturated rings. The van der Waals surface area contributed by atoms with E-state index in [0.717, 1.165) is 27.7 Å². The van der Waals surface area contributed by atoms with Crippen molar-refractivity contribution >= 4 is 62.1 Å². The van der Waals surface area contributed by atoms with Gasteiger partial charge in [0.15, 0.2) is 5.17 Å². The van der Waals surface area contributed by atoms with Gasteiger partial charge >= 0.3 is 0 Å². The predicted molar refractivity (Wildman–Crippen MR) is 85.6 cm³/mol. The molecule has 1 aliphatic rings. The molecule has 1 aromatic rings. The van der Waals surface area contributed by atoms with Gasteiger partial charge in [-0.3, -0.25) is 0 Å². The van der Waals surface area contributed by atoms with Crippen molar-refractivity contribution in [3.63, 3.8) is 0 Å². The Kier molecular flexibility index (Phi) is 4.87. The molecule has 0 aromatic carbocycles. The minimum Gasteiger partial charge on any atom is -0.345 e. The molecule has 2 rings (SSSR count). The maximum atomic E-state index is 8.61. The Bertz CT molecular complexity index is 498. The molecule has 0 atom stereocenters. The molecule has 4 nitrogen and oxygen atoms in total. The fourth-order valence-corrected chi connectivity index (χ4v) is 4.07. The molecule has 1 saturated heterocycles. The summed E-state index contributed by atoms with van der Waals surface area (Å²) in [6, 6.07) is 2.06. The van der Waals surface area contributed by atoms with Gasteiger partial charge in [0.2, 0.25) is 6.19 Å². The number of aromatic nitrogens is 1. The van der Waals surface area contributed by atoms with E-state index in [1.807, 2.05) is 12.4 Å². The first-order valence-electron chi connectivity index (χ1n) is 4.85. The van der Waals surface area contributed by atoms with Gasteiger partial charge in [-0.05, 0) is 51.2 Å². The van der Waals surface area contributed by atoms with Crippen molar-refractivity contribution in [1.82, 2.24) is 9.88 Å². The first kappa shape index (κ1) is 13.4. The zero-order valence-electron chi connectivity index (χ0n) is 8.73. The molecule has 0 bridgehead atoms. The highest BCUT2D eigenvalue weighted by molar-refractivity contribution is 14.1. The lowest BCUT2D eigenvalue weighted by atomic mass is 10.3. The smallest absolute Gasteiger partial charge is 0.208 e. The average Bonchev–Trinajstić information content (AvgIpc) is 2.71. The summed E-state index contributed by atoms with van der Waals surface area (Å²) in [5, 5.41) is 9.43. The minimum absolute atomic E-state index is 0.774. The highest BCUT2D eigenvalue weighted by Gasteiger charge is 2.20. The number of nitriles is 1. The lowest BCUT2D eigenvalue weighted by molar-refractivity contribution is 0.455. The zero-order chi connectivity index (χ0) is 12.3. The van der Waals surface area contributed by atoms with E-state index >= 15 is 0 Å². The number of hydrogen-bond donors (Lipinski definition) is 0. The minimum atomic E-state index is 0.774. The van der Waals surface area contributed by atoms with Crippen LogP contribution in [-0.2, 0) is 6.54 Å². The molecule has 7 heteroatoms. The van der Waals surface area contributed by atoms with E-state index in [1.54, 1.807) is 11.8 Å². The third-order valence-electron chi connectivity index (χ3n) is 2.27. The topological polar surface area (TPSA) is 52.3 Å². The first-order valence-corrected chi connectivity index (χ1v) is 7.99. The highest BCUT2D eigenvalue weighted by atomic mass is 127. The molecule has 0 radical (unpaired) electrons. The molecule has 1 aromatic heterocycles. The van der Waals surface area contributed by atoms with Gasteiger partial charge in [-0.15, -0.1) is 4.99 Å². The Balaban J connectivity index is 2.16. The van der Waals surface area contributed by atoms with E-state index in [-0.39, 0.29) is 0 Å². The number of aliphatic imine (C=N–C) groups is 1. The molecule has 2 heterocycles. The van der Waals surface area contributed by atoms with E-state index in [0.29, 0.717) is 0 Å². The number of amidine groups is 1. The Labute approximate surface area is 131 Å². The number of thioether (sulfide) groups is 1. The molecule has 0 spiro atoms. The molecule has 0 aliphatic carbocycles. The van der Waals surface area contributed by atoms with Gasteiger partial charge in [0.1, 0.15) is 3.70 Å². The van der Waals surface area contributed by atoms with Crippen molar-refractivity contribution in [2.45, 2.75) is 6.54 Å². The fourth-order valence-electron chi connectivity index (χ4n) is 1.48. The summed E-state index contributed by atoms with van der Waals surface area (Å²) in [6.45, 7) is 1.71. The van der Waals surface area contributed by atoms with E-state index in [4.69, 9.17) is 5.26 Å². The lowest BCUT2D eigenvalue weighted by Gasteiger charge is -2.17. The van der Waals surface area contributed by atoms with Crippen LogP contribution in [-0.4, -0.2) is 27.3 Å². The summed E-state index contributed by atoms with van der Waals surface area (Å²) >= 11 is 6.15. The van der Waals surface area contributed by atoms with Crippen LogP contribution in [0.1, 0.15) is 5.56 Å². The Morgan fingerprint density at radius 3 is 3.12 bits per heavy atom. The summed E-state index contributed by atoms with van der Waals surface area (Å²) in [4.78, 5) is 10.3. The molecule has 88 valence electrons. The van der Waals surface area contributed by atoms with E-state index in [2.05, 4.69) is 66.1 Å². The third-order valence-corrected chi connectivity index (χ3v) is 4.85. The molecule has 0 amide bonds. The van der Waals surface area contributed by atoms with Crippen LogP contribution in [0.4, 0.5) is 0 Å². The third kappa shape index (κ3) is 3.45. The van der Waals surface area contributed by atoms with E-state index in [1.165, 1.54) is 9.13 Å². The Hall–Kier alpha value is -0.0800. The number of hydrogen-bond acceptors (Lipinski definition) is 4. The van der Waals surface area contributed by atoms with Crippen LogP contribution in [0.25, 0.3) is 0 Å². The van der Waals surface area contributed by atoms with Gasteiger partial charge < -0.3 is 4.90 Å². The maximum Gasteiger partial charge on any atom is 0.208 e. The van der Waals surface area contributed by atoms with Crippen molar-refractivity contribution in [3.8, 4) is 6.19 Å². The maximum absolute atomic E-state index is 8.61. The second kappa shape index (κ2) is 6.19. The molecule has 0 saturated carbocycles. The van der Waals surface area contributed by atoms with Crippen LogP contribution < -0.4 is 0 Å². The molecular formula is C10H8I2N4S. The van der Waals surface area contributed by atoms with Crippen LogP contribution >= 0.6 is 56.9 Å². The first-order chi connectivity index (χ1) is 8.20. The van der Waals surface area contributed by atoms with Crippen LogP contribution in [0, 0.1) is 18.7 Å². The van der Waals surface area contributed by atoms with Gasteiger partial charge in [-0.2, -0.15) is 5.26 Å².